The average Bonchev–Trinajstić information content (AvgIpc) is 2.75. The summed E-state index contributed by atoms with van der Waals surface area (Å²) in [5, 5.41) is 3.20. The topological polar surface area (TPSA) is 119 Å². The number of halogens is 1. The molecule has 1 saturated heterocycles. The molecule has 0 spiro atoms. The molecule has 4 rings (SSSR count). The van der Waals surface area contributed by atoms with Gasteiger partial charge in [-0.3, -0.25) is 4.98 Å². The molecule has 0 aromatic carbocycles. The number of piperidine rings is 1. The van der Waals surface area contributed by atoms with Crippen molar-refractivity contribution >= 4 is 23.0 Å². The summed E-state index contributed by atoms with van der Waals surface area (Å²) in [6.45, 7) is 7.80. The Balaban J connectivity index is 1.60. The number of hydrogen-bond acceptors (Lipinski definition) is 8. The van der Waals surface area contributed by atoms with Gasteiger partial charge in [0.05, 0.1) is 17.6 Å². The zero-order chi connectivity index (χ0) is 22.0. The van der Waals surface area contributed by atoms with E-state index >= 15 is 0 Å². The first-order valence-corrected chi connectivity index (χ1v) is 10.0. The summed E-state index contributed by atoms with van der Waals surface area (Å²) in [6, 6.07) is 6.72. The number of rotatable bonds is 5. The van der Waals surface area contributed by atoms with Crippen LogP contribution in [0.15, 0.2) is 49.4 Å². The highest BCUT2D eigenvalue weighted by Gasteiger charge is 2.27. The number of nitrogens with zero attached hydrogens (tertiary/aromatic N) is 5. The van der Waals surface area contributed by atoms with E-state index in [1.54, 1.807) is 6.20 Å². The van der Waals surface area contributed by atoms with Crippen LogP contribution in [0, 0.1) is 5.82 Å². The first-order chi connectivity index (χ1) is 14.8. The zero-order valence-electron chi connectivity index (χ0n) is 17.3. The van der Waals surface area contributed by atoms with Gasteiger partial charge in [0, 0.05) is 31.0 Å². The minimum atomic E-state index is -0.491. The summed E-state index contributed by atoms with van der Waals surface area (Å²) in [5.74, 6) is 0.311. The fourth-order valence-electron chi connectivity index (χ4n) is 3.52. The summed E-state index contributed by atoms with van der Waals surface area (Å²) in [4.78, 5) is 19.4. The Hall–Kier alpha value is -3.59. The molecule has 31 heavy (non-hydrogen) atoms. The third-order valence-electron chi connectivity index (χ3n) is 5.39. The summed E-state index contributed by atoms with van der Waals surface area (Å²) in [5.41, 5.74) is 14.2. The highest BCUT2D eigenvalue weighted by molar-refractivity contribution is 5.82. The highest BCUT2D eigenvalue weighted by Crippen LogP contribution is 2.31. The highest BCUT2D eigenvalue weighted by atomic mass is 19.1. The Kier molecular flexibility index (Phi) is 5.51. The Labute approximate surface area is 180 Å². The number of nitrogens with one attached hydrogen (secondary N) is 1. The predicted octanol–water partition coefficient (Wildman–Crippen LogP) is 3.06. The van der Waals surface area contributed by atoms with E-state index in [1.807, 2.05) is 12.1 Å². The molecule has 1 fully saturated rings. The Bertz CT molecular complexity index is 1100. The van der Waals surface area contributed by atoms with Crippen LogP contribution in [0.3, 0.4) is 0 Å². The molecule has 0 saturated carbocycles. The van der Waals surface area contributed by atoms with Crippen LogP contribution in [0.5, 0.6) is 0 Å². The molecule has 3 aromatic rings. The maximum Gasteiger partial charge on any atom is 0.154 e. The smallest absolute Gasteiger partial charge is 0.154 e. The summed E-state index contributed by atoms with van der Waals surface area (Å²) >= 11 is 0. The average molecular weight is 420 g/mol. The van der Waals surface area contributed by atoms with E-state index in [2.05, 4.69) is 43.7 Å². The summed E-state index contributed by atoms with van der Waals surface area (Å²) in [6.07, 6.45) is 6.36. The minimum Gasteiger partial charge on any atom is -0.382 e. The van der Waals surface area contributed by atoms with Gasteiger partial charge in [0.2, 0.25) is 0 Å². The molecule has 0 atom stereocenters. The van der Waals surface area contributed by atoms with Gasteiger partial charge < -0.3 is 21.7 Å². The van der Waals surface area contributed by atoms with Crippen molar-refractivity contribution in [3.05, 3.63) is 60.9 Å². The molecule has 9 heteroatoms. The van der Waals surface area contributed by atoms with Gasteiger partial charge in [0.15, 0.2) is 17.5 Å². The van der Waals surface area contributed by atoms with Crippen LogP contribution in [0.1, 0.15) is 25.5 Å². The molecule has 0 unspecified atom stereocenters. The molecule has 3 aromatic heterocycles. The van der Waals surface area contributed by atoms with E-state index in [9.17, 15) is 4.39 Å². The van der Waals surface area contributed by atoms with Gasteiger partial charge in [0.1, 0.15) is 17.1 Å². The third-order valence-corrected chi connectivity index (χ3v) is 5.39. The van der Waals surface area contributed by atoms with Gasteiger partial charge in [-0.25, -0.2) is 19.3 Å². The van der Waals surface area contributed by atoms with Crippen LogP contribution in [-0.2, 0) is 0 Å². The molecule has 8 nitrogen and oxygen atoms in total. The molecule has 160 valence electrons. The number of nitrogens with two attached hydrogens (primary N) is 2. The predicted molar refractivity (Wildman–Crippen MR) is 121 cm³/mol. The monoisotopic (exact) mass is 420 g/mol. The molecule has 5 N–H and O–H groups in total. The zero-order valence-corrected chi connectivity index (χ0v) is 17.3. The van der Waals surface area contributed by atoms with E-state index in [4.69, 9.17) is 11.5 Å². The molecule has 1 aliphatic heterocycles. The quantitative estimate of drug-likeness (QED) is 0.576. The van der Waals surface area contributed by atoms with Gasteiger partial charge in [-0.2, -0.15) is 0 Å². The molecule has 0 aliphatic carbocycles. The maximum absolute atomic E-state index is 14.1. The van der Waals surface area contributed by atoms with Crippen LogP contribution >= 0.6 is 0 Å². The van der Waals surface area contributed by atoms with Crippen LogP contribution in [0.4, 0.5) is 21.7 Å². The molecule has 0 radical (unpaired) electrons. The van der Waals surface area contributed by atoms with E-state index in [1.165, 1.54) is 24.5 Å². The first kappa shape index (κ1) is 20.7. The van der Waals surface area contributed by atoms with Crippen LogP contribution < -0.4 is 21.7 Å². The van der Waals surface area contributed by atoms with Gasteiger partial charge in [0.25, 0.3) is 0 Å². The van der Waals surface area contributed by atoms with Crippen molar-refractivity contribution in [3.8, 4) is 11.4 Å². The molecule has 0 bridgehead atoms. The lowest BCUT2D eigenvalue weighted by atomic mass is 9.91. The van der Waals surface area contributed by atoms with Crippen molar-refractivity contribution in [2.75, 3.05) is 29.0 Å². The Morgan fingerprint density at radius 1 is 1.16 bits per heavy atom. The SMILES string of the molecule is C=C(Nc1ncccc1N1CCC(C)(N)CC1)c1nc(-c2ncccc2F)cnc1N. The largest absolute Gasteiger partial charge is 0.382 e. The third kappa shape index (κ3) is 4.46. The van der Waals surface area contributed by atoms with E-state index < -0.39 is 5.82 Å². The van der Waals surface area contributed by atoms with Crippen molar-refractivity contribution in [2.45, 2.75) is 25.3 Å². The van der Waals surface area contributed by atoms with Gasteiger partial charge in [-0.05, 0) is 44.0 Å². The number of hydrogen-bond donors (Lipinski definition) is 3. The molecular formula is C22H25FN8. The van der Waals surface area contributed by atoms with E-state index in [0.29, 0.717) is 17.2 Å². The van der Waals surface area contributed by atoms with Crippen molar-refractivity contribution < 1.29 is 4.39 Å². The van der Waals surface area contributed by atoms with E-state index in [0.717, 1.165) is 31.6 Å². The number of aromatic nitrogens is 4. The second kappa shape index (κ2) is 8.27. The van der Waals surface area contributed by atoms with Gasteiger partial charge in [-0.15, -0.1) is 0 Å². The number of pyridine rings is 2. The fourth-order valence-corrected chi connectivity index (χ4v) is 3.52. The summed E-state index contributed by atoms with van der Waals surface area (Å²) < 4.78 is 14.1. The van der Waals surface area contributed by atoms with Crippen molar-refractivity contribution in [1.29, 1.82) is 0 Å². The molecule has 1 aliphatic rings. The van der Waals surface area contributed by atoms with Crippen LogP contribution in [0.2, 0.25) is 0 Å². The minimum absolute atomic E-state index is 0.0979. The van der Waals surface area contributed by atoms with Crippen molar-refractivity contribution in [1.82, 2.24) is 19.9 Å². The molecular weight excluding hydrogens is 395 g/mol. The second-order valence-electron chi connectivity index (χ2n) is 7.94. The molecule has 4 heterocycles. The number of anilines is 3. The van der Waals surface area contributed by atoms with Gasteiger partial charge in [-0.1, -0.05) is 6.58 Å². The van der Waals surface area contributed by atoms with Crippen molar-refractivity contribution in [3.63, 3.8) is 0 Å². The van der Waals surface area contributed by atoms with Crippen LogP contribution in [-0.4, -0.2) is 38.6 Å². The van der Waals surface area contributed by atoms with Gasteiger partial charge >= 0.3 is 0 Å². The maximum atomic E-state index is 14.1. The lowest BCUT2D eigenvalue weighted by Crippen LogP contribution is -2.48. The van der Waals surface area contributed by atoms with E-state index in [-0.39, 0.29) is 22.7 Å². The number of nitrogen functional groups attached to an aromatic ring is 1. The first-order valence-electron chi connectivity index (χ1n) is 10.0. The second-order valence-corrected chi connectivity index (χ2v) is 7.94. The lowest BCUT2D eigenvalue weighted by Gasteiger charge is -2.38. The molecule has 0 amide bonds. The Morgan fingerprint density at radius 2 is 1.87 bits per heavy atom. The standard InChI is InChI=1S/C22H25FN8/c1-14(18-20(24)28-13-16(30-18)19-15(23)5-3-9-26-19)29-21-17(6-4-10-27-21)31-11-7-22(2,25)8-12-31/h3-6,9-10,13H,1,7-8,11-12,25H2,2H3,(H2,24,28)(H,27,29). The lowest BCUT2D eigenvalue weighted by molar-refractivity contribution is 0.364. The fraction of sp³-hybridized carbons (Fsp3) is 0.273. The van der Waals surface area contributed by atoms with Crippen LogP contribution in [0.25, 0.3) is 17.1 Å². The normalized spacial score (nSPS) is 15.5. The summed E-state index contributed by atoms with van der Waals surface area (Å²) in [7, 11) is 0. The van der Waals surface area contributed by atoms with Crippen molar-refractivity contribution in [2.24, 2.45) is 5.73 Å². The Morgan fingerprint density at radius 3 is 2.61 bits per heavy atom.